The van der Waals surface area contributed by atoms with Gasteiger partial charge in [0.15, 0.2) is 0 Å². The Kier molecular flexibility index (Phi) is 5.91. The first-order valence-electron chi connectivity index (χ1n) is 6.46. The van der Waals surface area contributed by atoms with E-state index in [9.17, 15) is 13.2 Å². The Morgan fingerprint density at radius 2 is 1.80 bits per heavy atom. The molecule has 0 atom stereocenters. The molecule has 0 bridgehead atoms. The highest BCUT2D eigenvalue weighted by Crippen LogP contribution is 2.16. The lowest BCUT2D eigenvalue weighted by molar-refractivity contribution is 0.0958. The van der Waals surface area contributed by atoms with Crippen LogP contribution in [0.2, 0.25) is 0 Å². The second-order valence-corrected chi connectivity index (χ2v) is 6.05. The van der Waals surface area contributed by atoms with E-state index >= 15 is 0 Å². The molecule has 0 saturated heterocycles. The molecular formula is C14H20N2O3S. The smallest absolute Gasteiger partial charge is 0.251 e. The van der Waals surface area contributed by atoms with Crippen molar-refractivity contribution in [3.63, 3.8) is 0 Å². The van der Waals surface area contributed by atoms with Gasteiger partial charge in [-0.1, -0.05) is 19.9 Å². The fraction of sp³-hybridized carbons (Fsp3) is 0.357. The molecule has 0 aliphatic carbocycles. The van der Waals surface area contributed by atoms with Gasteiger partial charge in [-0.05, 0) is 24.3 Å². The van der Waals surface area contributed by atoms with Crippen molar-refractivity contribution >= 4 is 15.9 Å². The fourth-order valence-corrected chi connectivity index (χ4v) is 3.22. The van der Waals surface area contributed by atoms with Crippen molar-refractivity contribution < 1.29 is 13.2 Å². The van der Waals surface area contributed by atoms with E-state index in [1.807, 2.05) is 0 Å². The Hall–Kier alpha value is -1.66. The molecule has 1 aromatic carbocycles. The van der Waals surface area contributed by atoms with Crippen LogP contribution in [0, 0.1) is 0 Å². The Bertz CT molecular complexity index is 561. The van der Waals surface area contributed by atoms with Gasteiger partial charge < -0.3 is 5.32 Å². The summed E-state index contributed by atoms with van der Waals surface area (Å²) in [6, 6.07) is 5.93. The van der Waals surface area contributed by atoms with Gasteiger partial charge in [-0.2, -0.15) is 4.31 Å². The van der Waals surface area contributed by atoms with Crippen LogP contribution in [0.4, 0.5) is 0 Å². The van der Waals surface area contributed by atoms with Gasteiger partial charge in [0.05, 0.1) is 4.90 Å². The number of nitrogens with zero attached hydrogens (tertiary/aromatic N) is 1. The molecule has 1 rings (SSSR count). The van der Waals surface area contributed by atoms with Crippen LogP contribution in [0.25, 0.3) is 0 Å². The highest BCUT2D eigenvalue weighted by atomic mass is 32.2. The predicted octanol–water partition coefficient (Wildman–Crippen LogP) is 1.63. The molecular weight excluding hydrogens is 276 g/mol. The lowest BCUT2D eigenvalue weighted by Crippen LogP contribution is -2.30. The number of sulfonamides is 1. The largest absolute Gasteiger partial charge is 0.349 e. The number of rotatable bonds is 7. The van der Waals surface area contributed by atoms with E-state index in [0.29, 0.717) is 25.2 Å². The topological polar surface area (TPSA) is 66.5 Å². The minimum atomic E-state index is -3.48. The van der Waals surface area contributed by atoms with Crippen molar-refractivity contribution in [2.45, 2.75) is 18.7 Å². The summed E-state index contributed by atoms with van der Waals surface area (Å²) in [5.41, 5.74) is 0.422. The molecule has 1 aromatic rings. The predicted molar refractivity (Wildman–Crippen MR) is 79.1 cm³/mol. The number of carbonyl (C=O) groups excluding carboxylic acids is 1. The lowest BCUT2D eigenvalue weighted by atomic mass is 10.2. The second-order valence-electron chi connectivity index (χ2n) is 4.11. The van der Waals surface area contributed by atoms with E-state index in [2.05, 4.69) is 11.9 Å². The van der Waals surface area contributed by atoms with Crippen molar-refractivity contribution in [3.05, 3.63) is 42.5 Å². The third kappa shape index (κ3) is 3.68. The molecule has 0 aliphatic rings. The molecule has 5 nitrogen and oxygen atoms in total. The van der Waals surface area contributed by atoms with Crippen molar-refractivity contribution in [3.8, 4) is 0 Å². The Labute approximate surface area is 120 Å². The number of hydrogen-bond donors (Lipinski definition) is 1. The van der Waals surface area contributed by atoms with Gasteiger partial charge in [0, 0.05) is 25.2 Å². The van der Waals surface area contributed by atoms with Crippen LogP contribution in [0.3, 0.4) is 0 Å². The van der Waals surface area contributed by atoms with E-state index in [0.717, 1.165) is 0 Å². The van der Waals surface area contributed by atoms with Gasteiger partial charge in [0.25, 0.3) is 5.91 Å². The zero-order valence-corrected chi connectivity index (χ0v) is 12.6. The standard InChI is InChI=1S/C14H20N2O3S/c1-4-11-15-14(17)12-7-9-13(10-8-12)20(18,19)16(5-2)6-3/h4,7-10H,1,5-6,11H2,2-3H3,(H,15,17). The number of hydrogen-bond acceptors (Lipinski definition) is 3. The number of nitrogens with one attached hydrogen (secondary N) is 1. The zero-order chi connectivity index (χ0) is 15.2. The Balaban J connectivity index is 2.96. The van der Waals surface area contributed by atoms with Crippen LogP contribution in [-0.4, -0.2) is 38.3 Å². The summed E-state index contributed by atoms with van der Waals surface area (Å²) in [5, 5.41) is 2.64. The molecule has 0 radical (unpaired) electrons. The molecule has 0 saturated carbocycles. The number of benzene rings is 1. The summed E-state index contributed by atoms with van der Waals surface area (Å²) >= 11 is 0. The minimum Gasteiger partial charge on any atom is -0.349 e. The van der Waals surface area contributed by atoms with Crippen LogP contribution >= 0.6 is 0 Å². The van der Waals surface area contributed by atoms with E-state index in [-0.39, 0.29) is 10.8 Å². The fourth-order valence-electron chi connectivity index (χ4n) is 1.76. The van der Waals surface area contributed by atoms with Crippen LogP contribution in [0.15, 0.2) is 41.8 Å². The number of amides is 1. The molecule has 1 N–H and O–H groups in total. The van der Waals surface area contributed by atoms with E-state index < -0.39 is 10.0 Å². The third-order valence-electron chi connectivity index (χ3n) is 2.87. The maximum atomic E-state index is 12.3. The van der Waals surface area contributed by atoms with Gasteiger partial charge in [-0.3, -0.25) is 4.79 Å². The summed E-state index contributed by atoms with van der Waals surface area (Å²) in [7, 11) is -3.48. The van der Waals surface area contributed by atoms with Crippen molar-refractivity contribution in [1.82, 2.24) is 9.62 Å². The quantitative estimate of drug-likeness (QED) is 0.778. The molecule has 20 heavy (non-hydrogen) atoms. The first-order valence-corrected chi connectivity index (χ1v) is 7.90. The van der Waals surface area contributed by atoms with E-state index in [4.69, 9.17) is 0 Å². The first-order chi connectivity index (χ1) is 9.47. The first kappa shape index (κ1) is 16.4. The Morgan fingerprint density at radius 3 is 2.25 bits per heavy atom. The molecule has 6 heteroatoms. The molecule has 0 unspecified atom stereocenters. The van der Waals surface area contributed by atoms with Crippen LogP contribution < -0.4 is 5.32 Å². The number of carbonyl (C=O) groups is 1. The van der Waals surface area contributed by atoms with Gasteiger partial charge in [0.2, 0.25) is 10.0 Å². The summed E-state index contributed by atoms with van der Waals surface area (Å²) in [6.45, 7) is 8.30. The average Bonchev–Trinajstić information content (AvgIpc) is 2.46. The van der Waals surface area contributed by atoms with Gasteiger partial charge >= 0.3 is 0 Å². The molecule has 0 fully saturated rings. The molecule has 110 valence electrons. The molecule has 0 spiro atoms. The summed E-state index contributed by atoms with van der Waals surface area (Å²) in [4.78, 5) is 11.9. The van der Waals surface area contributed by atoms with E-state index in [1.165, 1.54) is 28.6 Å². The molecule has 0 aliphatic heterocycles. The summed E-state index contributed by atoms with van der Waals surface area (Å²) < 4.78 is 25.9. The van der Waals surface area contributed by atoms with Crippen LogP contribution in [0.1, 0.15) is 24.2 Å². The normalized spacial score (nSPS) is 11.3. The highest BCUT2D eigenvalue weighted by molar-refractivity contribution is 7.89. The summed E-state index contributed by atoms with van der Waals surface area (Å²) in [6.07, 6.45) is 1.58. The monoisotopic (exact) mass is 296 g/mol. The highest BCUT2D eigenvalue weighted by Gasteiger charge is 2.21. The van der Waals surface area contributed by atoms with E-state index in [1.54, 1.807) is 19.9 Å². The molecule has 0 aromatic heterocycles. The lowest BCUT2D eigenvalue weighted by Gasteiger charge is -2.18. The average molecular weight is 296 g/mol. The minimum absolute atomic E-state index is 0.196. The maximum Gasteiger partial charge on any atom is 0.251 e. The van der Waals surface area contributed by atoms with Crippen LogP contribution in [0.5, 0.6) is 0 Å². The van der Waals surface area contributed by atoms with Crippen molar-refractivity contribution in [2.75, 3.05) is 19.6 Å². The summed E-state index contributed by atoms with van der Waals surface area (Å²) in [5.74, 6) is -0.253. The molecule has 1 amide bonds. The maximum absolute atomic E-state index is 12.3. The molecule has 0 heterocycles. The van der Waals surface area contributed by atoms with Gasteiger partial charge in [-0.15, -0.1) is 6.58 Å². The van der Waals surface area contributed by atoms with Crippen molar-refractivity contribution in [1.29, 1.82) is 0 Å². The Morgan fingerprint density at radius 1 is 1.25 bits per heavy atom. The van der Waals surface area contributed by atoms with Crippen LogP contribution in [-0.2, 0) is 10.0 Å². The van der Waals surface area contributed by atoms with Gasteiger partial charge in [-0.25, -0.2) is 8.42 Å². The third-order valence-corrected chi connectivity index (χ3v) is 4.93. The van der Waals surface area contributed by atoms with Crippen molar-refractivity contribution in [2.24, 2.45) is 0 Å². The second kappa shape index (κ2) is 7.21. The van der Waals surface area contributed by atoms with Gasteiger partial charge in [0.1, 0.15) is 0 Å². The SMILES string of the molecule is C=CCNC(=O)c1ccc(S(=O)(=O)N(CC)CC)cc1. The zero-order valence-electron chi connectivity index (χ0n) is 11.8.